The van der Waals surface area contributed by atoms with Crippen LogP contribution < -0.4 is 0 Å². The van der Waals surface area contributed by atoms with Crippen molar-refractivity contribution < 1.29 is 5.11 Å². The fraction of sp³-hybridized carbons (Fsp3) is 0.357. The number of halogens is 1. The van der Waals surface area contributed by atoms with E-state index in [1.165, 1.54) is 0 Å². The molecule has 0 saturated carbocycles. The first kappa shape index (κ1) is 13.1. The van der Waals surface area contributed by atoms with Crippen LogP contribution in [0.3, 0.4) is 0 Å². The molecule has 3 nitrogen and oxygen atoms in total. The molecule has 0 amide bonds. The predicted octanol–water partition coefficient (Wildman–Crippen LogP) is 2.91. The number of aromatic nitrogens is 2. The molecule has 2 rings (SSSR count). The second kappa shape index (κ2) is 5.55. The number of hydrogen-bond acceptors (Lipinski definition) is 2. The van der Waals surface area contributed by atoms with Crippen LogP contribution in [0.2, 0.25) is 5.02 Å². The molecule has 0 fully saturated rings. The minimum atomic E-state index is -0.598. The maximum Gasteiger partial charge on any atom is 0.0859 e. The number of aliphatic hydroxyl groups is 1. The third-order valence-corrected chi connectivity index (χ3v) is 3.40. The van der Waals surface area contributed by atoms with E-state index in [-0.39, 0.29) is 0 Å². The standard InChI is InChI=1S/C14H17ClN2O/c1-3-10-8-11(17(2)16-10)9-14(18)12-6-4-5-7-13(12)15/h4-8,14,18H,3,9H2,1-2H3. The van der Waals surface area contributed by atoms with Gasteiger partial charge < -0.3 is 5.11 Å². The maximum atomic E-state index is 10.2. The summed E-state index contributed by atoms with van der Waals surface area (Å²) in [6, 6.07) is 9.41. The molecule has 18 heavy (non-hydrogen) atoms. The smallest absolute Gasteiger partial charge is 0.0859 e. The molecule has 1 atom stereocenters. The largest absolute Gasteiger partial charge is 0.388 e. The Morgan fingerprint density at radius 3 is 2.72 bits per heavy atom. The van der Waals surface area contributed by atoms with Gasteiger partial charge in [-0.05, 0) is 24.1 Å². The quantitative estimate of drug-likeness (QED) is 0.922. The van der Waals surface area contributed by atoms with Gasteiger partial charge in [0.05, 0.1) is 11.8 Å². The number of aryl methyl sites for hydroxylation is 2. The lowest BCUT2D eigenvalue weighted by atomic mass is 10.0. The van der Waals surface area contributed by atoms with E-state index >= 15 is 0 Å². The summed E-state index contributed by atoms with van der Waals surface area (Å²) in [6.45, 7) is 2.07. The molecule has 4 heteroatoms. The highest BCUT2D eigenvalue weighted by Crippen LogP contribution is 2.25. The predicted molar refractivity (Wildman–Crippen MR) is 72.7 cm³/mol. The molecule has 1 heterocycles. The first-order chi connectivity index (χ1) is 8.61. The zero-order chi connectivity index (χ0) is 13.1. The van der Waals surface area contributed by atoms with Crippen molar-refractivity contribution in [1.29, 1.82) is 0 Å². The first-order valence-electron chi connectivity index (χ1n) is 6.06. The van der Waals surface area contributed by atoms with Crippen LogP contribution in [0.15, 0.2) is 30.3 Å². The van der Waals surface area contributed by atoms with Crippen LogP contribution >= 0.6 is 11.6 Å². The van der Waals surface area contributed by atoms with Gasteiger partial charge in [0.25, 0.3) is 0 Å². The lowest BCUT2D eigenvalue weighted by molar-refractivity contribution is 0.176. The Balaban J connectivity index is 2.18. The third-order valence-electron chi connectivity index (χ3n) is 3.06. The van der Waals surface area contributed by atoms with E-state index < -0.39 is 6.10 Å². The number of benzene rings is 1. The minimum Gasteiger partial charge on any atom is -0.388 e. The van der Waals surface area contributed by atoms with Gasteiger partial charge in [-0.1, -0.05) is 36.7 Å². The lowest BCUT2D eigenvalue weighted by Crippen LogP contribution is -2.06. The molecule has 1 aromatic heterocycles. The van der Waals surface area contributed by atoms with Crippen molar-refractivity contribution in [1.82, 2.24) is 9.78 Å². The van der Waals surface area contributed by atoms with Crippen LogP contribution in [0.1, 0.15) is 30.0 Å². The number of rotatable bonds is 4. The summed E-state index contributed by atoms with van der Waals surface area (Å²) in [5.74, 6) is 0. The van der Waals surface area contributed by atoms with E-state index in [4.69, 9.17) is 11.6 Å². The zero-order valence-electron chi connectivity index (χ0n) is 10.6. The highest BCUT2D eigenvalue weighted by Gasteiger charge is 2.14. The summed E-state index contributed by atoms with van der Waals surface area (Å²) < 4.78 is 1.82. The summed E-state index contributed by atoms with van der Waals surface area (Å²) in [6.07, 6.45) is 0.822. The zero-order valence-corrected chi connectivity index (χ0v) is 11.4. The second-order valence-corrected chi connectivity index (χ2v) is 4.75. The van der Waals surface area contributed by atoms with E-state index in [1.54, 1.807) is 6.07 Å². The molecule has 1 N–H and O–H groups in total. The van der Waals surface area contributed by atoms with Crippen molar-refractivity contribution >= 4 is 11.6 Å². The van der Waals surface area contributed by atoms with Gasteiger partial charge in [-0.2, -0.15) is 5.10 Å². The molecule has 0 aliphatic rings. The second-order valence-electron chi connectivity index (χ2n) is 4.35. The van der Waals surface area contributed by atoms with Gasteiger partial charge in [-0.25, -0.2) is 0 Å². The molecule has 1 unspecified atom stereocenters. The monoisotopic (exact) mass is 264 g/mol. The topological polar surface area (TPSA) is 38.0 Å². The summed E-state index contributed by atoms with van der Waals surface area (Å²) in [4.78, 5) is 0. The average molecular weight is 265 g/mol. The normalized spacial score (nSPS) is 12.7. The van der Waals surface area contributed by atoms with E-state index in [9.17, 15) is 5.11 Å². The highest BCUT2D eigenvalue weighted by molar-refractivity contribution is 6.31. The Hall–Kier alpha value is -1.32. The average Bonchev–Trinajstić information content (AvgIpc) is 2.70. The Bertz CT molecular complexity index is 536. The number of hydrogen-bond donors (Lipinski definition) is 1. The fourth-order valence-corrected chi connectivity index (χ4v) is 2.25. The Labute approximate surface area is 112 Å². The Morgan fingerprint density at radius 1 is 1.39 bits per heavy atom. The van der Waals surface area contributed by atoms with Gasteiger partial charge in [0.15, 0.2) is 0 Å². The molecule has 0 saturated heterocycles. The number of nitrogens with zero attached hydrogens (tertiary/aromatic N) is 2. The molecule has 0 radical (unpaired) electrons. The van der Waals surface area contributed by atoms with E-state index in [0.29, 0.717) is 11.4 Å². The molecule has 1 aromatic carbocycles. The van der Waals surface area contributed by atoms with Crippen molar-refractivity contribution in [3.05, 3.63) is 52.3 Å². The van der Waals surface area contributed by atoms with Crippen LogP contribution in [0.4, 0.5) is 0 Å². The summed E-state index contributed by atoms with van der Waals surface area (Å²) in [5.41, 5.74) is 2.82. The van der Waals surface area contributed by atoms with Crippen molar-refractivity contribution in [2.24, 2.45) is 7.05 Å². The Kier molecular flexibility index (Phi) is 4.04. The van der Waals surface area contributed by atoms with E-state index in [1.807, 2.05) is 36.0 Å². The first-order valence-corrected chi connectivity index (χ1v) is 6.44. The SMILES string of the molecule is CCc1cc(CC(O)c2ccccc2Cl)n(C)n1. The summed E-state index contributed by atoms with van der Waals surface area (Å²) in [7, 11) is 1.90. The van der Waals surface area contributed by atoms with E-state index in [0.717, 1.165) is 23.4 Å². The van der Waals surface area contributed by atoms with Gasteiger partial charge in [0.1, 0.15) is 0 Å². The van der Waals surface area contributed by atoms with Crippen LogP contribution in [-0.2, 0) is 19.9 Å². The van der Waals surface area contributed by atoms with Crippen molar-refractivity contribution in [2.45, 2.75) is 25.9 Å². The molecule has 0 aliphatic heterocycles. The fourth-order valence-electron chi connectivity index (χ4n) is 1.99. The van der Waals surface area contributed by atoms with Crippen LogP contribution in [-0.4, -0.2) is 14.9 Å². The number of aliphatic hydroxyl groups excluding tert-OH is 1. The van der Waals surface area contributed by atoms with Crippen LogP contribution in [0.5, 0.6) is 0 Å². The van der Waals surface area contributed by atoms with Gasteiger partial charge >= 0.3 is 0 Å². The summed E-state index contributed by atoms with van der Waals surface area (Å²) in [5, 5.41) is 15.2. The van der Waals surface area contributed by atoms with Crippen molar-refractivity contribution in [2.75, 3.05) is 0 Å². The summed E-state index contributed by atoms with van der Waals surface area (Å²) >= 11 is 6.08. The molecule has 0 spiro atoms. The molecule has 96 valence electrons. The van der Waals surface area contributed by atoms with E-state index in [2.05, 4.69) is 12.0 Å². The van der Waals surface area contributed by atoms with Gasteiger partial charge in [0, 0.05) is 24.2 Å². The maximum absolute atomic E-state index is 10.2. The Morgan fingerprint density at radius 2 is 2.11 bits per heavy atom. The molecular weight excluding hydrogens is 248 g/mol. The molecule has 0 bridgehead atoms. The molecule has 0 aliphatic carbocycles. The van der Waals surface area contributed by atoms with Crippen LogP contribution in [0.25, 0.3) is 0 Å². The molecule has 2 aromatic rings. The van der Waals surface area contributed by atoms with Crippen molar-refractivity contribution in [3.63, 3.8) is 0 Å². The third kappa shape index (κ3) is 2.74. The van der Waals surface area contributed by atoms with Crippen molar-refractivity contribution in [3.8, 4) is 0 Å². The van der Waals surface area contributed by atoms with Crippen LogP contribution in [0, 0.1) is 0 Å². The molecular formula is C14H17ClN2O. The lowest BCUT2D eigenvalue weighted by Gasteiger charge is -2.12. The van der Waals surface area contributed by atoms with Gasteiger partial charge in [-0.3, -0.25) is 4.68 Å². The van der Waals surface area contributed by atoms with Gasteiger partial charge in [-0.15, -0.1) is 0 Å². The van der Waals surface area contributed by atoms with Gasteiger partial charge in [0.2, 0.25) is 0 Å². The highest BCUT2D eigenvalue weighted by atomic mass is 35.5. The minimum absolute atomic E-state index is 0.521.